The predicted octanol–water partition coefficient (Wildman–Crippen LogP) is 8.44. The highest BCUT2D eigenvalue weighted by molar-refractivity contribution is 5.88. The Morgan fingerprint density at radius 3 is 2.26 bits per heavy atom. The van der Waals surface area contributed by atoms with E-state index in [4.69, 9.17) is 9.47 Å². The van der Waals surface area contributed by atoms with Crippen LogP contribution in [0.1, 0.15) is 87.1 Å². The van der Waals surface area contributed by atoms with E-state index in [1.54, 1.807) is 0 Å². The number of aliphatic hydroxyl groups excluding tert-OH is 1. The van der Waals surface area contributed by atoms with Crippen molar-refractivity contribution in [1.29, 1.82) is 0 Å². The highest BCUT2D eigenvalue weighted by atomic mass is 16.5. The number of fused-ring (bicyclic) bond motifs is 1. The molecule has 0 saturated heterocycles. The number of hydrogen-bond donors (Lipinski definition) is 1. The molecule has 39 heavy (non-hydrogen) atoms. The first-order valence-electron chi connectivity index (χ1n) is 14.5. The van der Waals surface area contributed by atoms with E-state index in [1.807, 2.05) is 19.1 Å². The first kappa shape index (κ1) is 30.7. The molecule has 0 spiro atoms. The Bertz CT molecular complexity index is 1210. The van der Waals surface area contributed by atoms with Crippen LogP contribution < -0.4 is 4.74 Å². The molecule has 1 aromatic heterocycles. The molecule has 1 heterocycles. The molecule has 0 bridgehead atoms. The second-order valence-electron chi connectivity index (χ2n) is 12.9. The van der Waals surface area contributed by atoms with Crippen LogP contribution in [0.15, 0.2) is 54.6 Å². The van der Waals surface area contributed by atoms with E-state index in [1.165, 1.54) is 16.6 Å². The highest BCUT2D eigenvalue weighted by Gasteiger charge is 2.45. The molecule has 2 unspecified atom stereocenters. The number of ether oxygens (including phenoxy) is 2. The topological polar surface area (TPSA) is 60.7 Å². The third kappa shape index (κ3) is 7.66. The van der Waals surface area contributed by atoms with Crippen LogP contribution in [0.2, 0.25) is 0 Å². The van der Waals surface area contributed by atoms with Crippen LogP contribution in [-0.4, -0.2) is 35.0 Å². The third-order valence-electron chi connectivity index (χ3n) is 7.93. The normalized spacial score (nSPS) is 14.5. The van der Waals surface area contributed by atoms with Gasteiger partial charge in [0.15, 0.2) is 0 Å². The van der Waals surface area contributed by atoms with E-state index in [2.05, 4.69) is 95.5 Å². The lowest BCUT2D eigenvalue weighted by Gasteiger charge is -2.40. The molecule has 0 saturated carbocycles. The molecule has 3 rings (SSSR count). The summed E-state index contributed by atoms with van der Waals surface area (Å²) in [5.41, 5.74) is 2.80. The Morgan fingerprint density at radius 1 is 0.949 bits per heavy atom. The van der Waals surface area contributed by atoms with Gasteiger partial charge >= 0.3 is 5.97 Å². The summed E-state index contributed by atoms with van der Waals surface area (Å²) in [6, 6.07) is 19.1. The molecule has 214 valence electrons. The van der Waals surface area contributed by atoms with Crippen molar-refractivity contribution < 1.29 is 19.4 Å². The number of nitrogens with zero attached hydrogens (tertiary/aromatic N) is 1. The zero-order chi connectivity index (χ0) is 28.8. The van der Waals surface area contributed by atoms with Gasteiger partial charge in [-0.25, -0.2) is 0 Å². The molecule has 0 amide bonds. The van der Waals surface area contributed by atoms with Crippen LogP contribution in [0.3, 0.4) is 0 Å². The highest BCUT2D eigenvalue weighted by Crippen LogP contribution is 2.44. The van der Waals surface area contributed by atoms with Gasteiger partial charge in [0.1, 0.15) is 12.4 Å². The summed E-state index contributed by atoms with van der Waals surface area (Å²) < 4.78 is 14.0. The molecule has 0 fully saturated rings. The first-order chi connectivity index (χ1) is 18.3. The van der Waals surface area contributed by atoms with Crippen LogP contribution >= 0.6 is 0 Å². The second kappa shape index (κ2) is 13.0. The lowest BCUT2D eigenvalue weighted by molar-refractivity contribution is -0.163. The fourth-order valence-electron chi connectivity index (χ4n) is 5.27. The first-order valence-corrected chi connectivity index (χ1v) is 14.5. The van der Waals surface area contributed by atoms with Crippen LogP contribution in [0.4, 0.5) is 0 Å². The van der Waals surface area contributed by atoms with Gasteiger partial charge in [-0.05, 0) is 81.5 Å². The molecular weight excluding hydrogens is 486 g/mol. The van der Waals surface area contributed by atoms with E-state index in [0.29, 0.717) is 25.0 Å². The second-order valence-corrected chi connectivity index (χ2v) is 12.9. The average molecular weight is 536 g/mol. The summed E-state index contributed by atoms with van der Waals surface area (Å²) in [5.74, 6) is 1.05. The number of esters is 1. The van der Waals surface area contributed by atoms with Crippen LogP contribution in [0, 0.1) is 16.7 Å². The van der Waals surface area contributed by atoms with E-state index in [9.17, 15) is 9.90 Å². The smallest absolute Gasteiger partial charge is 0.312 e. The van der Waals surface area contributed by atoms with Crippen molar-refractivity contribution in [3.05, 3.63) is 54.6 Å². The summed E-state index contributed by atoms with van der Waals surface area (Å²) in [4.78, 5) is 13.0. The monoisotopic (exact) mass is 535 g/mol. The van der Waals surface area contributed by atoms with Crippen molar-refractivity contribution >= 4 is 16.9 Å². The van der Waals surface area contributed by atoms with E-state index in [0.717, 1.165) is 30.5 Å². The van der Waals surface area contributed by atoms with E-state index < -0.39 is 11.5 Å². The van der Waals surface area contributed by atoms with Gasteiger partial charge in [0.2, 0.25) is 0 Å². The minimum Gasteiger partial charge on any atom is -0.491 e. The predicted molar refractivity (Wildman–Crippen MR) is 161 cm³/mol. The van der Waals surface area contributed by atoms with Crippen LogP contribution in [0.5, 0.6) is 5.75 Å². The van der Waals surface area contributed by atoms with Crippen LogP contribution in [-0.2, 0) is 9.53 Å². The zero-order valence-electron chi connectivity index (χ0n) is 25.3. The lowest BCUT2D eigenvalue weighted by Crippen LogP contribution is -2.42. The molecular formula is C34H49NO4. The number of benzene rings is 2. The number of hydrogen-bond acceptors (Lipinski definition) is 4. The molecule has 1 N–H and O–H groups in total. The number of rotatable bonds is 13. The Morgan fingerprint density at radius 2 is 1.64 bits per heavy atom. The average Bonchev–Trinajstić information content (AvgIpc) is 3.25. The number of unbranched alkanes of at least 4 members (excludes halogenated alkanes) is 1. The quantitative estimate of drug-likeness (QED) is 0.176. The number of aromatic nitrogens is 1. The fraction of sp³-hybridized carbons (Fsp3) is 0.559. The molecule has 2 atom stereocenters. The summed E-state index contributed by atoms with van der Waals surface area (Å²) in [7, 11) is 0. The summed E-state index contributed by atoms with van der Waals surface area (Å²) in [6.45, 7) is 17.6. The van der Waals surface area contributed by atoms with Crippen molar-refractivity contribution in [3.63, 3.8) is 0 Å². The van der Waals surface area contributed by atoms with Gasteiger partial charge in [-0.15, -0.1) is 0 Å². The molecule has 0 aliphatic carbocycles. The maximum atomic E-state index is 13.0. The Labute approximate surface area is 235 Å². The molecule has 5 heteroatoms. The minimum atomic E-state index is -0.575. The van der Waals surface area contributed by atoms with Crippen molar-refractivity contribution in [3.8, 4) is 17.0 Å². The fourth-order valence-corrected chi connectivity index (χ4v) is 5.27. The Kier molecular flexibility index (Phi) is 10.3. The number of aliphatic hydroxyl groups is 1. The lowest BCUT2D eigenvalue weighted by atomic mass is 9.64. The zero-order valence-corrected chi connectivity index (χ0v) is 25.3. The van der Waals surface area contributed by atoms with Gasteiger partial charge in [0.25, 0.3) is 0 Å². The Hall–Kier alpha value is -2.79. The van der Waals surface area contributed by atoms with E-state index in [-0.39, 0.29) is 18.0 Å². The molecule has 5 nitrogen and oxygen atoms in total. The molecule has 2 aromatic carbocycles. The molecule has 0 aliphatic heterocycles. The molecule has 0 aliphatic rings. The van der Waals surface area contributed by atoms with Gasteiger partial charge in [0, 0.05) is 23.2 Å². The van der Waals surface area contributed by atoms with Gasteiger partial charge < -0.3 is 19.1 Å². The minimum absolute atomic E-state index is 0.121. The third-order valence-corrected chi connectivity index (χ3v) is 7.93. The van der Waals surface area contributed by atoms with Crippen molar-refractivity contribution in [2.75, 3.05) is 13.2 Å². The van der Waals surface area contributed by atoms with Gasteiger partial charge in [-0.1, -0.05) is 65.0 Å². The summed E-state index contributed by atoms with van der Waals surface area (Å²) in [5, 5.41) is 11.7. The van der Waals surface area contributed by atoms with Crippen molar-refractivity contribution in [2.24, 2.45) is 16.7 Å². The summed E-state index contributed by atoms with van der Waals surface area (Å²) >= 11 is 0. The maximum absolute atomic E-state index is 13.0. The standard InChI is InChI=1S/C34H49NO4/c1-24(2)22-34(8,33(5,6)7)32(37)38-19-13-12-16-28(36)23-39-29-18-17-27-20-30(26-14-10-9-11-15-26)35(25(3)4)31(27)21-29/h9-11,14-15,17-18,20-21,24-25,28,36H,12-13,16,19,22-23H2,1-8H3. The van der Waals surface area contributed by atoms with Crippen molar-refractivity contribution in [2.45, 2.75) is 93.2 Å². The SMILES string of the molecule is CC(C)CC(C)(C(=O)OCCCCC(O)COc1ccc2cc(-c3ccccc3)n(C(C)C)c2c1)C(C)(C)C. The molecule has 3 aromatic rings. The number of carbonyl (C=O) groups is 1. The van der Waals surface area contributed by atoms with Crippen molar-refractivity contribution in [1.82, 2.24) is 4.57 Å². The van der Waals surface area contributed by atoms with E-state index >= 15 is 0 Å². The largest absolute Gasteiger partial charge is 0.491 e. The maximum Gasteiger partial charge on any atom is 0.312 e. The molecule has 0 radical (unpaired) electrons. The van der Waals surface area contributed by atoms with Gasteiger partial charge in [-0.3, -0.25) is 4.79 Å². The Balaban J connectivity index is 1.51. The summed E-state index contributed by atoms with van der Waals surface area (Å²) in [6.07, 6.45) is 2.31. The van der Waals surface area contributed by atoms with Crippen LogP contribution in [0.25, 0.3) is 22.2 Å². The van der Waals surface area contributed by atoms with Gasteiger partial charge in [0.05, 0.1) is 23.6 Å². The van der Waals surface area contributed by atoms with Gasteiger partial charge in [-0.2, -0.15) is 0 Å². The number of carbonyl (C=O) groups excluding carboxylic acids is 1.